The summed E-state index contributed by atoms with van der Waals surface area (Å²) >= 11 is 0. The van der Waals surface area contributed by atoms with Gasteiger partial charge in [0.2, 0.25) is 11.8 Å². The fraction of sp³-hybridized carbons (Fsp3) is 0.316. The third-order valence-electron chi connectivity index (χ3n) is 10.00. The van der Waals surface area contributed by atoms with Gasteiger partial charge in [0.1, 0.15) is 23.1 Å². The molecule has 0 saturated carbocycles. The van der Waals surface area contributed by atoms with Gasteiger partial charge in [-0.25, -0.2) is 4.98 Å². The predicted molar refractivity (Wildman–Crippen MR) is 196 cm³/mol. The number of anilines is 3. The second kappa shape index (κ2) is 13.9. The molecule has 0 radical (unpaired) electrons. The van der Waals surface area contributed by atoms with Gasteiger partial charge in [0.15, 0.2) is 0 Å². The van der Waals surface area contributed by atoms with Crippen LogP contribution in [0.5, 0.6) is 0 Å². The summed E-state index contributed by atoms with van der Waals surface area (Å²) in [4.78, 5) is 58.4. The Morgan fingerprint density at radius 3 is 2.42 bits per heavy atom. The summed E-state index contributed by atoms with van der Waals surface area (Å²) in [6.45, 7) is 7.71. The van der Waals surface area contributed by atoms with Crippen LogP contribution in [0.15, 0.2) is 79.1 Å². The van der Waals surface area contributed by atoms with E-state index in [1.807, 2.05) is 35.8 Å². The standard InChI is InChI=1S/C38H40N10O4/c1-24-19-39-38(52)33-18-27-6-11-32(43-35(27)48(24)33)36(50)42-29-20-40-47(23-29)22-26-4-9-30(10-5-26)46-16-14-45(15-17-46)21-25-2-7-28(8-3-25)41-31-12-13-34(49)44-37(31)51/h2-11,18,20,23-24,31,41H,12-17,19,21-22H2,1H3,(H,39,52)(H,42,50)(H,44,49,51)/t24-,31?/m1/s1. The van der Waals surface area contributed by atoms with Gasteiger partial charge in [-0.15, -0.1) is 0 Å². The SMILES string of the molecule is C[C@@H]1CNC(=O)c2cc3ccc(C(=O)Nc4cnn(Cc5ccc(N6CCN(Cc7ccc(NC8CCC(=O)NC8=O)cc7)CC6)cc5)c4)nc3n21. The minimum Gasteiger partial charge on any atom is -0.374 e. The first-order valence-corrected chi connectivity index (χ1v) is 17.7. The van der Waals surface area contributed by atoms with E-state index in [2.05, 4.69) is 77.5 Å². The Hall–Kier alpha value is -6.02. The number of carbonyl (C=O) groups excluding carboxylic acids is 4. The number of nitrogens with zero attached hydrogens (tertiary/aromatic N) is 6. The minimum absolute atomic E-state index is 0.0365. The fourth-order valence-electron chi connectivity index (χ4n) is 7.14. The lowest BCUT2D eigenvalue weighted by atomic mass is 10.1. The molecule has 0 bridgehead atoms. The molecule has 2 aromatic carbocycles. The van der Waals surface area contributed by atoms with Crippen molar-refractivity contribution >= 4 is 51.7 Å². The molecule has 14 heteroatoms. The average Bonchev–Trinajstić information content (AvgIpc) is 3.77. The summed E-state index contributed by atoms with van der Waals surface area (Å²) in [7, 11) is 0. The quantitative estimate of drug-likeness (QED) is 0.169. The molecule has 4 N–H and O–H groups in total. The van der Waals surface area contributed by atoms with Crippen LogP contribution in [0.4, 0.5) is 17.1 Å². The molecule has 6 heterocycles. The van der Waals surface area contributed by atoms with E-state index in [-0.39, 0.29) is 41.4 Å². The molecule has 52 heavy (non-hydrogen) atoms. The molecular weight excluding hydrogens is 660 g/mol. The van der Waals surface area contributed by atoms with Crippen molar-refractivity contribution < 1.29 is 19.2 Å². The Kier molecular flexibility index (Phi) is 8.89. The fourth-order valence-corrected chi connectivity index (χ4v) is 7.14. The monoisotopic (exact) mass is 700 g/mol. The summed E-state index contributed by atoms with van der Waals surface area (Å²) in [5.74, 6) is -0.958. The zero-order chi connectivity index (χ0) is 35.8. The lowest BCUT2D eigenvalue weighted by Gasteiger charge is -2.36. The van der Waals surface area contributed by atoms with E-state index in [0.29, 0.717) is 43.0 Å². The number of imide groups is 1. The van der Waals surface area contributed by atoms with Gasteiger partial charge in [0.25, 0.3) is 11.8 Å². The van der Waals surface area contributed by atoms with E-state index in [1.165, 1.54) is 11.3 Å². The van der Waals surface area contributed by atoms with Gasteiger partial charge in [0, 0.05) is 68.6 Å². The molecule has 2 saturated heterocycles. The third kappa shape index (κ3) is 6.97. The maximum Gasteiger partial charge on any atom is 0.274 e. The van der Waals surface area contributed by atoms with Gasteiger partial charge in [-0.1, -0.05) is 24.3 Å². The average molecular weight is 701 g/mol. The molecule has 3 aliphatic heterocycles. The van der Waals surface area contributed by atoms with Crippen LogP contribution in [-0.2, 0) is 22.7 Å². The number of benzene rings is 2. The molecule has 3 aliphatic rings. The van der Waals surface area contributed by atoms with Crippen LogP contribution >= 0.6 is 0 Å². The molecule has 266 valence electrons. The smallest absolute Gasteiger partial charge is 0.274 e. The van der Waals surface area contributed by atoms with Gasteiger partial charge in [-0.05, 0) is 66.9 Å². The second-order valence-corrected chi connectivity index (χ2v) is 13.7. The van der Waals surface area contributed by atoms with Crippen LogP contribution < -0.4 is 26.2 Å². The minimum atomic E-state index is -0.385. The van der Waals surface area contributed by atoms with Crippen LogP contribution in [0.2, 0.25) is 0 Å². The zero-order valence-electron chi connectivity index (χ0n) is 28.8. The Morgan fingerprint density at radius 2 is 1.65 bits per heavy atom. The van der Waals surface area contributed by atoms with Gasteiger partial charge in [-0.3, -0.25) is 34.1 Å². The summed E-state index contributed by atoms with van der Waals surface area (Å²) in [5, 5.41) is 16.7. The van der Waals surface area contributed by atoms with Crippen LogP contribution in [0.25, 0.3) is 11.0 Å². The van der Waals surface area contributed by atoms with Gasteiger partial charge >= 0.3 is 0 Å². The summed E-state index contributed by atoms with van der Waals surface area (Å²) in [6, 6.07) is 21.7. The zero-order valence-corrected chi connectivity index (χ0v) is 28.8. The molecule has 0 spiro atoms. The molecule has 2 fully saturated rings. The van der Waals surface area contributed by atoms with E-state index in [9.17, 15) is 19.2 Å². The number of hydrogen-bond donors (Lipinski definition) is 4. The molecule has 4 amide bonds. The lowest BCUT2D eigenvalue weighted by Crippen LogP contribution is -2.47. The van der Waals surface area contributed by atoms with Gasteiger partial charge in [-0.2, -0.15) is 5.10 Å². The summed E-state index contributed by atoms with van der Waals surface area (Å²) < 4.78 is 3.69. The number of rotatable bonds is 9. The third-order valence-corrected chi connectivity index (χ3v) is 10.00. The van der Waals surface area contributed by atoms with Crippen molar-refractivity contribution in [3.63, 3.8) is 0 Å². The molecule has 0 aliphatic carbocycles. The number of pyridine rings is 1. The maximum atomic E-state index is 13.1. The van der Waals surface area contributed by atoms with E-state index >= 15 is 0 Å². The molecule has 14 nitrogen and oxygen atoms in total. The number of carbonyl (C=O) groups is 4. The van der Waals surface area contributed by atoms with E-state index in [4.69, 9.17) is 0 Å². The Labute approximate surface area is 300 Å². The first-order valence-electron chi connectivity index (χ1n) is 17.7. The van der Waals surface area contributed by atoms with Crippen LogP contribution in [0, 0.1) is 0 Å². The van der Waals surface area contributed by atoms with Crippen molar-refractivity contribution in [1.82, 2.24) is 34.9 Å². The largest absolute Gasteiger partial charge is 0.374 e. The maximum absolute atomic E-state index is 13.1. The Morgan fingerprint density at radius 1 is 0.904 bits per heavy atom. The van der Waals surface area contributed by atoms with Crippen LogP contribution in [0.3, 0.4) is 0 Å². The summed E-state index contributed by atoms with van der Waals surface area (Å²) in [5.41, 5.74) is 6.39. The number of piperazine rings is 1. The van der Waals surface area contributed by atoms with E-state index < -0.39 is 0 Å². The molecule has 1 unspecified atom stereocenters. The highest BCUT2D eigenvalue weighted by molar-refractivity contribution is 6.05. The number of piperidine rings is 1. The van der Waals surface area contributed by atoms with E-state index in [0.717, 1.165) is 49.4 Å². The number of nitrogens with one attached hydrogen (secondary N) is 4. The Bertz CT molecular complexity index is 2150. The van der Waals surface area contributed by atoms with E-state index in [1.54, 1.807) is 23.1 Å². The number of hydrogen-bond acceptors (Lipinski definition) is 9. The molecule has 3 aromatic heterocycles. The van der Waals surface area contributed by atoms with Crippen molar-refractivity contribution in [2.45, 2.75) is 44.9 Å². The highest BCUT2D eigenvalue weighted by atomic mass is 16.2. The molecular formula is C38H40N10O4. The Balaban J connectivity index is 0.811. The normalized spacial score (nSPS) is 19.2. The topological polar surface area (TPSA) is 159 Å². The molecule has 2 atom stereocenters. The first-order chi connectivity index (χ1) is 25.3. The number of amides is 4. The second-order valence-electron chi connectivity index (χ2n) is 13.7. The van der Waals surface area contributed by atoms with Crippen molar-refractivity contribution in [3.05, 3.63) is 102 Å². The number of fused-ring (bicyclic) bond motifs is 3. The van der Waals surface area contributed by atoms with Crippen LogP contribution in [0.1, 0.15) is 57.9 Å². The summed E-state index contributed by atoms with van der Waals surface area (Å²) in [6.07, 6.45) is 4.29. The highest BCUT2D eigenvalue weighted by Crippen LogP contribution is 2.26. The van der Waals surface area contributed by atoms with Gasteiger partial charge in [0.05, 0.1) is 24.5 Å². The van der Waals surface area contributed by atoms with Crippen LogP contribution in [-0.4, -0.2) is 86.6 Å². The first kappa shape index (κ1) is 33.1. The predicted octanol–water partition coefficient (Wildman–Crippen LogP) is 3.38. The highest BCUT2D eigenvalue weighted by Gasteiger charge is 2.27. The number of aromatic nitrogens is 4. The van der Waals surface area contributed by atoms with Gasteiger partial charge < -0.3 is 25.4 Å². The van der Waals surface area contributed by atoms with Crippen molar-refractivity contribution in [1.29, 1.82) is 0 Å². The molecule has 5 aromatic rings. The lowest BCUT2D eigenvalue weighted by molar-refractivity contribution is -0.133. The van der Waals surface area contributed by atoms with Crippen molar-refractivity contribution in [2.75, 3.05) is 48.3 Å². The molecule has 8 rings (SSSR count). The van der Waals surface area contributed by atoms with Crippen molar-refractivity contribution in [3.8, 4) is 0 Å². The van der Waals surface area contributed by atoms with Crippen molar-refractivity contribution in [2.24, 2.45) is 0 Å².